The third kappa shape index (κ3) is 9.37. The number of unbranched alkanes of at least 4 members (excludes halogenated alkanes) is 8. The summed E-state index contributed by atoms with van der Waals surface area (Å²) in [6.45, 7) is 5.50. The maximum Gasteiger partial charge on any atom is 0.141 e. The highest BCUT2D eigenvalue weighted by molar-refractivity contribution is 14.1. The van der Waals surface area contributed by atoms with E-state index in [9.17, 15) is 0 Å². The van der Waals surface area contributed by atoms with E-state index in [0.717, 1.165) is 13.0 Å². The van der Waals surface area contributed by atoms with E-state index in [0.29, 0.717) is 6.61 Å². The number of hydrogen-bond acceptors (Lipinski definition) is 1. The van der Waals surface area contributed by atoms with Crippen LogP contribution in [-0.2, 0) is 0 Å². The summed E-state index contributed by atoms with van der Waals surface area (Å²) in [5.74, 6) is 3.34. The molecule has 0 aromatic carbocycles. The Balaban J connectivity index is 2.04. The van der Waals surface area contributed by atoms with Crippen LogP contribution in [0.4, 0.5) is 0 Å². The van der Waals surface area contributed by atoms with E-state index in [4.69, 9.17) is 5.11 Å². The Morgan fingerprint density at radius 3 is 1.86 bits per heavy atom. The molecule has 0 atom stereocenters. The highest BCUT2D eigenvalue weighted by atomic mass is 127. The number of rotatable bonds is 12. The molecule has 1 aliphatic rings. The third-order valence-electron chi connectivity index (χ3n) is 5.04. The van der Waals surface area contributed by atoms with E-state index in [2.05, 4.69) is 32.4 Å². The van der Waals surface area contributed by atoms with Gasteiger partial charge in [-0.3, -0.25) is 0 Å². The number of halogens is 1. The smallest absolute Gasteiger partial charge is 0.141 e. The van der Waals surface area contributed by atoms with Crippen LogP contribution in [-0.4, -0.2) is 42.4 Å². The second-order valence-electron chi connectivity index (χ2n) is 6.91. The summed E-state index contributed by atoms with van der Waals surface area (Å²) >= 11 is 2.18. The maximum absolute atomic E-state index is 8.74. The molecular formula is C19H35INO+. The summed E-state index contributed by atoms with van der Waals surface area (Å²) in [7, 11) is 0. The zero-order chi connectivity index (χ0) is 15.9. The van der Waals surface area contributed by atoms with Gasteiger partial charge in [0, 0.05) is 29.2 Å². The van der Waals surface area contributed by atoms with Gasteiger partial charge in [-0.1, -0.05) is 38.5 Å². The van der Waals surface area contributed by atoms with Gasteiger partial charge in [0.2, 0.25) is 0 Å². The number of nitrogens with zero attached hydrogens (tertiary/aromatic N) is 1. The van der Waals surface area contributed by atoms with Crippen LogP contribution in [0.25, 0.3) is 0 Å². The largest absolute Gasteiger partial charge is 0.396 e. The molecule has 0 aromatic heterocycles. The van der Waals surface area contributed by atoms with Gasteiger partial charge in [-0.2, -0.15) is 0 Å². The normalized spacial score (nSPS) is 17.0. The SMILES string of the molecule is OCCCCCCCCCCC[N+]1(CC#CI)CCCCC1. The van der Waals surface area contributed by atoms with Gasteiger partial charge >= 0.3 is 0 Å². The van der Waals surface area contributed by atoms with Crippen LogP contribution in [0.3, 0.4) is 0 Å². The van der Waals surface area contributed by atoms with E-state index >= 15 is 0 Å². The summed E-state index contributed by atoms with van der Waals surface area (Å²) < 4.78 is 4.34. The molecule has 22 heavy (non-hydrogen) atoms. The number of hydrogen-bond donors (Lipinski definition) is 1. The fraction of sp³-hybridized carbons (Fsp3) is 0.895. The molecule has 0 bridgehead atoms. The van der Waals surface area contributed by atoms with Crippen LogP contribution in [0.2, 0.25) is 0 Å². The minimum atomic E-state index is 0.363. The molecule has 0 spiro atoms. The molecule has 0 aromatic rings. The molecule has 1 saturated heterocycles. The molecule has 1 heterocycles. The van der Waals surface area contributed by atoms with Crippen LogP contribution in [0.15, 0.2) is 0 Å². The highest BCUT2D eigenvalue weighted by Gasteiger charge is 2.28. The average Bonchev–Trinajstić information content (AvgIpc) is 2.56. The van der Waals surface area contributed by atoms with Crippen LogP contribution in [0.5, 0.6) is 0 Å². The van der Waals surface area contributed by atoms with Gasteiger partial charge < -0.3 is 9.59 Å². The maximum atomic E-state index is 8.74. The molecule has 2 nitrogen and oxygen atoms in total. The number of aliphatic hydroxyl groups is 1. The summed E-state index contributed by atoms with van der Waals surface area (Å²) in [6, 6.07) is 0. The minimum Gasteiger partial charge on any atom is -0.396 e. The van der Waals surface area contributed by atoms with Crippen molar-refractivity contribution >= 4 is 22.6 Å². The zero-order valence-corrected chi connectivity index (χ0v) is 16.5. The lowest BCUT2D eigenvalue weighted by Gasteiger charge is -2.40. The van der Waals surface area contributed by atoms with Gasteiger partial charge in [0.05, 0.1) is 19.6 Å². The van der Waals surface area contributed by atoms with Crippen molar-refractivity contribution in [3.63, 3.8) is 0 Å². The Labute approximate surface area is 151 Å². The lowest BCUT2D eigenvalue weighted by molar-refractivity contribution is -0.926. The van der Waals surface area contributed by atoms with Crippen molar-refractivity contribution in [2.24, 2.45) is 0 Å². The van der Waals surface area contributed by atoms with Crippen LogP contribution < -0.4 is 0 Å². The van der Waals surface area contributed by atoms with Gasteiger partial charge in [0.25, 0.3) is 0 Å². The number of piperidine rings is 1. The van der Waals surface area contributed by atoms with Crippen LogP contribution in [0.1, 0.15) is 77.0 Å². The molecule has 0 saturated carbocycles. The molecule has 128 valence electrons. The summed E-state index contributed by atoms with van der Waals surface area (Å²) in [6.07, 6.45) is 16.0. The van der Waals surface area contributed by atoms with Crippen molar-refractivity contribution in [2.75, 3.05) is 32.8 Å². The first-order chi connectivity index (χ1) is 10.8. The van der Waals surface area contributed by atoms with Crippen molar-refractivity contribution in [3.05, 3.63) is 0 Å². The first-order valence-corrected chi connectivity index (χ1v) is 10.5. The molecule has 0 amide bonds. The number of aliphatic hydroxyl groups excluding tert-OH is 1. The fourth-order valence-electron chi connectivity index (χ4n) is 3.64. The quantitative estimate of drug-likeness (QED) is 0.206. The monoisotopic (exact) mass is 420 g/mol. The van der Waals surface area contributed by atoms with Gasteiger partial charge in [-0.25, -0.2) is 0 Å². The first-order valence-electron chi connectivity index (χ1n) is 9.37. The van der Waals surface area contributed by atoms with Crippen molar-refractivity contribution in [1.82, 2.24) is 0 Å². The molecule has 3 heteroatoms. The standard InChI is InChI=1S/C19H35INO/c20-14-13-18-21(16-10-8-11-17-21)15-9-6-4-2-1-3-5-7-12-19-22/h22H,1-12,15-19H2/q+1. The first kappa shape index (κ1) is 20.3. The summed E-state index contributed by atoms with van der Waals surface area (Å²) in [4.78, 5) is 0. The van der Waals surface area contributed by atoms with E-state index in [-0.39, 0.29) is 0 Å². The molecule has 0 unspecified atom stereocenters. The van der Waals surface area contributed by atoms with Crippen LogP contribution >= 0.6 is 22.6 Å². The van der Waals surface area contributed by atoms with E-state index in [1.54, 1.807) is 0 Å². The van der Waals surface area contributed by atoms with Crippen LogP contribution in [0, 0.1) is 9.85 Å². The number of likely N-dealkylation sites (tertiary alicyclic amines) is 1. The fourth-order valence-corrected chi connectivity index (χ4v) is 3.81. The Kier molecular flexibility index (Phi) is 12.5. The average molecular weight is 420 g/mol. The molecule has 1 fully saturated rings. The zero-order valence-electron chi connectivity index (χ0n) is 14.3. The van der Waals surface area contributed by atoms with E-state index in [1.165, 1.54) is 94.7 Å². The minimum absolute atomic E-state index is 0.363. The Morgan fingerprint density at radius 2 is 1.32 bits per heavy atom. The summed E-state index contributed by atoms with van der Waals surface area (Å²) in [5, 5.41) is 8.74. The van der Waals surface area contributed by atoms with Crippen molar-refractivity contribution < 1.29 is 9.59 Å². The lowest BCUT2D eigenvalue weighted by Crippen LogP contribution is -2.52. The predicted molar refractivity (Wildman–Crippen MR) is 104 cm³/mol. The second kappa shape index (κ2) is 13.6. The van der Waals surface area contributed by atoms with Crippen molar-refractivity contribution in [1.29, 1.82) is 0 Å². The third-order valence-corrected chi connectivity index (χ3v) is 5.42. The Hall–Kier alpha value is 0.210. The van der Waals surface area contributed by atoms with Gasteiger partial charge in [0.1, 0.15) is 6.54 Å². The van der Waals surface area contributed by atoms with E-state index < -0.39 is 0 Å². The topological polar surface area (TPSA) is 20.2 Å². The van der Waals surface area contributed by atoms with E-state index in [1.807, 2.05) is 0 Å². The molecule has 1 N–H and O–H groups in total. The molecular weight excluding hydrogens is 385 g/mol. The Bertz CT molecular complexity index is 315. The van der Waals surface area contributed by atoms with Gasteiger partial charge in [-0.05, 0) is 48.4 Å². The molecule has 0 aliphatic carbocycles. The van der Waals surface area contributed by atoms with Gasteiger partial charge in [-0.15, -0.1) is 0 Å². The molecule has 1 aliphatic heterocycles. The Morgan fingerprint density at radius 1 is 0.773 bits per heavy atom. The summed E-state index contributed by atoms with van der Waals surface area (Å²) in [5.41, 5.74) is 0. The number of quaternary nitrogens is 1. The highest BCUT2D eigenvalue weighted by Crippen LogP contribution is 2.20. The van der Waals surface area contributed by atoms with Crippen molar-refractivity contribution in [3.8, 4) is 9.85 Å². The molecule has 0 radical (unpaired) electrons. The lowest BCUT2D eigenvalue weighted by atomic mass is 10.0. The molecule has 1 rings (SSSR count). The predicted octanol–water partition coefficient (Wildman–Crippen LogP) is 4.89. The second-order valence-corrected chi connectivity index (χ2v) is 7.45. The van der Waals surface area contributed by atoms with Crippen molar-refractivity contribution in [2.45, 2.75) is 77.0 Å². The van der Waals surface area contributed by atoms with Gasteiger partial charge in [0.15, 0.2) is 0 Å².